The van der Waals surface area contributed by atoms with Gasteiger partial charge in [0, 0.05) is 12.1 Å². The lowest BCUT2D eigenvalue weighted by atomic mass is 10.1. The summed E-state index contributed by atoms with van der Waals surface area (Å²) in [6.45, 7) is 5.10. The molecule has 0 N–H and O–H groups in total. The van der Waals surface area contributed by atoms with Gasteiger partial charge in [-0.2, -0.15) is 0 Å². The van der Waals surface area contributed by atoms with E-state index in [2.05, 4.69) is 4.90 Å². The molecule has 4 nitrogen and oxygen atoms in total. The lowest BCUT2D eigenvalue weighted by Gasteiger charge is -2.26. The fourth-order valence-electron chi connectivity index (χ4n) is 2.45. The Bertz CT molecular complexity index is 461. The number of Topliss-reactive ketones (excluding diaryl/α,β-unsaturated/α-hetero) is 1. The van der Waals surface area contributed by atoms with Gasteiger partial charge in [0.05, 0.1) is 6.61 Å². The van der Waals surface area contributed by atoms with Crippen molar-refractivity contribution in [2.75, 3.05) is 19.7 Å². The third-order valence-corrected chi connectivity index (χ3v) is 3.53. The first-order chi connectivity index (χ1) is 9.70. The van der Waals surface area contributed by atoms with Gasteiger partial charge >= 0.3 is 5.97 Å². The molecule has 0 aromatic heterocycles. The SMILES string of the molecule is CCOC(=O)C(=O)c1ccc(CN2CCCCC2)cc1. The van der Waals surface area contributed by atoms with E-state index in [-0.39, 0.29) is 6.61 Å². The third-order valence-electron chi connectivity index (χ3n) is 3.53. The zero-order valence-electron chi connectivity index (χ0n) is 11.9. The van der Waals surface area contributed by atoms with Crippen molar-refractivity contribution < 1.29 is 14.3 Å². The highest BCUT2D eigenvalue weighted by atomic mass is 16.5. The molecule has 1 aromatic rings. The van der Waals surface area contributed by atoms with Crippen LogP contribution in [0.5, 0.6) is 0 Å². The first-order valence-corrected chi connectivity index (χ1v) is 7.23. The van der Waals surface area contributed by atoms with Crippen LogP contribution in [0.25, 0.3) is 0 Å². The normalized spacial score (nSPS) is 15.8. The minimum atomic E-state index is -0.781. The van der Waals surface area contributed by atoms with E-state index in [1.165, 1.54) is 24.8 Å². The topological polar surface area (TPSA) is 46.6 Å². The molecule has 2 rings (SSSR count). The summed E-state index contributed by atoms with van der Waals surface area (Å²) in [5, 5.41) is 0. The van der Waals surface area contributed by atoms with Crippen molar-refractivity contribution in [1.82, 2.24) is 4.90 Å². The number of benzene rings is 1. The Kier molecular flexibility index (Phi) is 5.30. The Morgan fingerprint density at radius 2 is 1.75 bits per heavy atom. The maximum absolute atomic E-state index is 11.8. The zero-order chi connectivity index (χ0) is 14.4. The molecule has 0 spiro atoms. The molecule has 1 saturated heterocycles. The summed E-state index contributed by atoms with van der Waals surface area (Å²) in [7, 11) is 0. The molecule has 0 amide bonds. The van der Waals surface area contributed by atoms with E-state index in [0.29, 0.717) is 5.56 Å². The first-order valence-electron chi connectivity index (χ1n) is 7.23. The molecule has 1 aliphatic rings. The maximum atomic E-state index is 11.8. The van der Waals surface area contributed by atoms with Crippen LogP contribution in [0.3, 0.4) is 0 Å². The van der Waals surface area contributed by atoms with Crippen molar-refractivity contribution in [2.45, 2.75) is 32.7 Å². The van der Waals surface area contributed by atoms with Crippen LogP contribution in [0.15, 0.2) is 24.3 Å². The van der Waals surface area contributed by atoms with Crippen LogP contribution in [0.4, 0.5) is 0 Å². The summed E-state index contributed by atoms with van der Waals surface area (Å²) >= 11 is 0. The van der Waals surface area contributed by atoms with Gasteiger partial charge in [0.1, 0.15) is 0 Å². The van der Waals surface area contributed by atoms with E-state index in [0.717, 1.165) is 19.6 Å². The molecule has 1 heterocycles. The van der Waals surface area contributed by atoms with Gasteiger partial charge in [0.2, 0.25) is 0 Å². The van der Waals surface area contributed by atoms with Crippen LogP contribution in [0.2, 0.25) is 0 Å². The first kappa shape index (κ1) is 14.7. The van der Waals surface area contributed by atoms with E-state index in [9.17, 15) is 9.59 Å². The molecule has 4 heteroatoms. The van der Waals surface area contributed by atoms with E-state index in [1.807, 2.05) is 12.1 Å². The number of likely N-dealkylation sites (tertiary alicyclic amines) is 1. The number of carbonyl (C=O) groups excluding carboxylic acids is 2. The minimum absolute atomic E-state index is 0.220. The maximum Gasteiger partial charge on any atom is 0.379 e. The summed E-state index contributed by atoms with van der Waals surface area (Å²) in [6, 6.07) is 7.25. The Balaban J connectivity index is 1.95. The van der Waals surface area contributed by atoms with E-state index >= 15 is 0 Å². The van der Waals surface area contributed by atoms with Crippen LogP contribution in [0, 0.1) is 0 Å². The Morgan fingerprint density at radius 1 is 1.10 bits per heavy atom. The van der Waals surface area contributed by atoms with Gasteiger partial charge in [-0.3, -0.25) is 9.69 Å². The number of ether oxygens (including phenoxy) is 1. The van der Waals surface area contributed by atoms with Crippen molar-refractivity contribution in [3.63, 3.8) is 0 Å². The van der Waals surface area contributed by atoms with Crippen molar-refractivity contribution in [1.29, 1.82) is 0 Å². The van der Waals surface area contributed by atoms with Crippen LogP contribution < -0.4 is 0 Å². The third kappa shape index (κ3) is 3.90. The monoisotopic (exact) mass is 275 g/mol. The predicted molar refractivity (Wildman–Crippen MR) is 76.5 cm³/mol. The molecule has 0 atom stereocenters. The molecule has 0 unspecified atom stereocenters. The predicted octanol–water partition coefficient (Wildman–Crippen LogP) is 2.42. The number of ketones is 1. The van der Waals surface area contributed by atoms with Gasteiger partial charge in [-0.15, -0.1) is 0 Å². The van der Waals surface area contributed by atoms with E-state index < -0.39 is 11.8 Å². The average Bonchev–Trinajstić information content (AvgIpc) is 2.48. The molecule has 20 heavy (non-hydrogen) atoms. The highest BCUT2D eigenvalue weighted by Gasteiger charge is 2.17. The molecule has 0 radical (unpaired) electrons. The molecule has 1 aliphatic heterocycles. The Morgan fingerprint density at radius 3 is 2.35 bits per heavy atom. The van der Waals surface area contributed by atoms with E-state index in [4.69, 9.17) is 4.74 Å². The Hall–Kier alpha value is -1.68. The van der Waals surface area contributed by atoms with E-state index in [1.54, 1.807) is 19.1 Å². The van der Waals surface area contributed by atoms with Crippen LogP contribution in [-0.4, -0.2) is 36.3 Å². The molecular formula is C16H21NO3. The van der Waals surface area contributed by atoms with Gasteiger partial charge in [-0.1, -0.05) is 30.7 Å². The van der Waals surface area contributed by atoms with Crippen LogP contribution in [-0.2, 0) is 16.1 Å². The fourth-order valence-corrected chi connectivity index (χ4v) is 2.45. The second-order valence-electron chi connectivity index (χ2n) is 5.08. The van der Waals surface area contributed by atoms with Gasteiger partial charge in [-0.05, 0) is 38.4 Å². The number of esters is 1. The quantitative estimate of drug-likeness (QED) is 0.470. The molecule has 0 bridgehead atoms. The van der Waals surface area contributed by atoms with Crippen LogP contribution in [0.1, 0.15) is 42.1 Å². The van der Waals surface area contributed by atoms with Crippen LogP contribution >= 0.6 is 0 Å². The highest BCUT2D eigenvalue weighted by molar-refractivity contribution is 6.40. The second-order valence-corrected chi connectivity index (χ2v) is 5.08. The second kappa shape index (κ2) is 7.20. The smallest absolute Gasteiger partial charge is 0.379 e. The summed E-state index contributed by atoms with van der Waals surface area (Å²) in [6.07, 6.45) is 3.85. The molecule has 0 aliphatic carbocycles. The summed E-state index contributed by atoms with van der Waals surface area (Å²) < 4.78 is 4.71. The molecular weight excluding hydrogens is 254 g/mol. The number of hydrogen-bond acceptors (Lipinski definition) is 4. The number of hydrogen-bond donors (Lipinski definition) is 0. The van der Waals surface area contributed by atoms with Gasteiger partial charge in [0.15, 0.2) is 0 Å². The number of piperidine rings is 1. The number of rotatable bonds is 5. The van der Waals surface area contributed by atoms with Crippen molar-refractivity contribution >= 4 is 11.8 Å². The van der Waals surface area contributed by atoms with Gasteiger partial charge < -0.3 is 4.74 Å². The minimum Gasteiger partial charge on any atom is -0.460 e. The number of carbonyl (C=O) groups is 2. The summed E-state index contributed by atoms with van der Waals surface area (Å²) in [4.78, 5) is 25.5. The molecule has 0 saturated carbocycles. The molecule has 108 valence electrons. The fraction of sp³-hybridized carbons (Fsp3) is 0.500. The zero-order valence-corrected chi connectivity index (χ0v) is 11.9. The Labute approximate surface area is 119 Å². The lowest BCUT2D eigenvalue weighted by molar-refractivity contribution is -0.137. The van der Waals surface area contributed by atoms with Crippen molar-refractivity contribution in [2.24, 2.45) is 0 Å². The standard InChI is InChI=1S/C16H21NO3/c1-2-20-16(19)15(18)14-8-6-13(7-9-14)12-17-10-4-3-5-11-17/h6-9H,2-5,10-12H2,1H3. The molecule has 1 aromatic carbocycles. The largest absolute Gasteiger partial charge is 0.460 e. The van der Waals surface area contributed by atoms with Crippen molar-refractivity contribution in [3.05, 3.63) is 35.4 Å². The lowest BCUT2D eigenvalue weighted by Crippen LogP contribution is -2.29. The average molecular weight is 275 g/mol. The highest BCUT2D eigenvalue weighted by Crippen LogP contribution is 2.14. The molecule has 1 fully saturated rings. The number of nitrogens with zero attached hydrogens (tertiary/aromatic N) is 1. The summed E-state index contributed by atoms with van der Waals surface area (Å²) in [5.74, 6) is -1.35. The summed E-state index contributed by atoms with van der Waals surface area (Å²) in [5.41, 5.74) is 1.57. The van der Waals surface area contributed by atoms with Gasteiger partial charge in [-0.25, -0.2) is 4.79 Å². The van der Waals surface area contributed by atoms with Crippen molar-refractivity contribution in [3.8, 4) is 0 Å². The van der Waals surface area contributed by atoms with Gasteiger partial charge in [0.25, 0.3) is 5.78 Å².